The largest absolute Gasteiger partial charge is 0.345 e. The lowest BCUT2D eigenvalue weighted by Crippen LogP contribution is -2.45. The molecule has 0 spiro atoms. The maximum absolute atomic E-state index is 4.63. The fourth-order valence-electron chi connectivity index (χ4n) is 17.5. The molecule has 1 saturated heterocycles. The molecule has 6 N–H and O–H groups in total. The number of aliphatic imine (C=N–C) groups is 1. The Hall–Kier alpha value is -9.19. The van der Waals surface area contributed by atoms with Gasteiger partial charge in [-0.1, -0.05) is 285 Å². The van der Waals surface area contributed by atoms with Crippen molar-refractivity contribution in [3.63, 3.8) is 0 Å². The van der Waals surface area contributed by atoms with Crippen molar-refractivity contribution < 1.29 is 0 Å². The van der Waals surface area contributed by atoms with Crippen LogP contribution in [0, 0.1) is 17.3 Å². The summed E-state index contributed by atoms with van der Waals surface area (Å²) in [5, 5.41) is 2.55. The van der Waals surface area contributed by atoms with Gasteiger partial charge in [-0.2, -0.15) is 0 Å². The van der Waals surface area contributed by atoms with Gasteiger partial charge in [-0.25, -0.2) is 34.9 Å². The predicted octanol–water partition coefficient (Wildman–Crippen LogP) is 32.1. The number of aromatic amines is 6. The van der Waals surface area contributed by atoms with Crippen LogP contribution in [0.1, 0.15) is 440 Å². The van der Waals surface area contributed by atoms with Gasteiger partial charge in [-0.3, -0.25) is 14.9 Å². The Morgan fingerprint density at radius 1 is 0.388 bits per heavy atom. The Labute approximate surface area is 813 Å². The van der Waals surface area contributed by atoms with E-state index in [1.54, 1.807) is 11.1 Å². The normalized spacial score (nSPS) is 16.3. The van der Waals surface area contributed by atoms with E-state index in [9.17, 15) is 0 Å². The van der Waals surface area contributed by atoms with Gasteiger partial charge in [0.05, 0.1) is 41.2 Å². The van der Waals surface area contributed by atoms with Gasteiger partial charge in [0.25, 0.3) is 0 Å². The lowest BCUT2D eigenvalue weighted by molar-refractivity contribution is 0.102. The van der Waals surface area contributed by atoms with Crippen molar-refractivity contribution in [2.24, 2.45) is 22.2 Å². The zero-order chi connectivity index (χ0) is 99.1. The molecular weight excluding hydrogens is 1660 g/mol. The van der Waals surface area contributed by atoms with E-state index >= 15 is 0 Å². The minimum absolute atomic E-state index is 0.0384. The van der Waals surface area contributed by atoms with E-state index in [-0.39, 0.29) is 43.3 Å². The number of likely N-dealkylation sites (tertiary alicyclic amines) is 1. The van der Waals surface area contributed by atoms with Crippen LogP contribution in [0.2, 0.25) is 0 Å². The number of rotatable bonds is 10. The molecule has 2 aliphatic heterocycles. The summed E-state index contributed by atoms with van der Waals surface area (Å²) >= 11 is 1.91. The molecule has 2 fully saturated rings. The number of benzene rings is 3. The predicted molar refractivity (Wildman–Crippen MR) is 574 cm³/mol. The van der Waals surface area contributed by atoms with E-state index in [0.717, 1.165) is 81.1 Å². The molecule has 0 unspecified atom stereocenters. The van der Waals surface area contributed by atoms with Gasteiger partial charge in [0.2, 0.25) is 0 Å². The molecule has 16 nitrogen and oxygen atoms in total. The summed E-state index contributed by atoms with van der Waals surface area (Å²) in [5.74, 6) is 10.7. The highest BCUT2D eigenvalue weighted by molar-refractivity contribution is 7.13. The monoisotopic (exact) mass is 1840 g/mol. The molecule has 0 bridgehead atoms. The van der Waals surface area contributed by atoms with Gasteiger partial charge < -0.3 is 29.9 Å². The maximum atomic E-state index is 4.63. The summed E-state index contributed by atoms with van der Waals surface area (Å²) in [4.78, 5) is 66.8. The zero-order valence-electron chi connectivity index (χ0n) is 90.2. The van der Waals surface area contributed by atoms with Crippen LogP contribution in [0.4, 0.5) is 0 Å². The van der Waals surface area contributed by atoms with Crippen molar-refractivity contribution in [1.29, 1.82) is 0 Å². The van der Waals surface area contributed by atoms with Gasteiger partial charge in [-0.15, -0.1) is 11.3 Å². The first kappa shape index (κ1) is 107. The average Bonchev–Trinajstić information content (AvgIpc) is 1.61. The lowest BCUT2D eigenvalue weighted by Gasteiger charge is -2.40. The Bertz CT molecular complexity index is 5740. The van der Waals surface area contributed by atoms with Gasteiger partial charge in [0.1, 0.15) is 34.9 Å². The van der Waals surface area contributed by atoms with Crippen molar-refractivity contribution in [3.05, 3.63) is 218 Å². The van der Waals surface area contributed by atoms with Crippen molar-refractivity contribution >= 4 is 44.6 Å². The molecule has 2 aliphatic carbocycles. The molecule has 728 valence electrons. The average molecular weight is 1840 g/mol. The van der Waals surface area contributed by atoms with Crippen LogP contribution in [-0.2, 0) is 56.2 Å². The molecule has 17 heteroatoms. The number of H-pyrrole nitrogens is 6. The number of allylic oxidation sites excluding steroid dienone is 1. The third-order valence-electron chi connectivity index (χ3n) is 26.8. The lowest BCUT2D eigenvalue weighted by atomic mass is 9.69. The number of hydrogen-bond acceptors (Lipinski definition) is 11. The van der Waals surface area contributed by atoms with E-state index in [4.69, 9.17) is 0 Å². The molecule has 0 atom stereocenters. The smallest absolute Gasteiger partial charge is 0.177 e. The molecule has 0 radical (unpaired) electrons. The summed E-state index contributed by atoms with van der Waals surface area (Å²) in [6.45, 7) is 87.0. The number of pyridine rings is 2. The van der Waals surface area contributed by atoms with Crippen molar-refractivity contribution in [1.82, 2.24) is 74.7 Å². The summed E-state index contributed by atoms with van der Waals surface area (Å²) in [7, 11) is 0. The number of imidazole rings is 6. The Morgan fingerprint density at radius 2 is 0.896 bits per heavy atom. The second-order valence-electron chi connectivity index (χ2n) is 50.2. The van der Waals surface area contributed by atoms with E-state index < -0.39 is 0 Å². The first-order chi connectivity index (χ1) is 62.0. The summed E-state index contributed by atoms with van der Waals surface area (Å²) in [6.07, 6.45) is 29.8. The second kappa shape index (κ2) is 42.8. The van der Waals surface area contributed by atoms with E-state index in [1.807, 2.05) is 54.7 Å². The molecule has 134 heavy (non-hydrogen) atoms. The number of aromatic nitrogens is 14. The highest BCUT2D eigenvalue weighted by Gasteiger charge is 2.34. The third kappa shape index (κ3) is 29.0. The van der Waals surface area contributed by atoms with Crippen LogP contribution in [0.3, 0.4) is 0 Å². The van der Waals surface area contributed by atoms with Gasteiger partial charge >= 0.3 is 0 Å². The van der Waals surface area contributed by atoms with Crippen LogP contribution < -0.4 is 0 Å². The number of nitrogens with one attached hydrogen (secondary N) is 6. The number of hydrogen-bond donors (Lipinski definition) is 6. The van der Waals surface area contributed by atoms with Crippen LogP contribution in [0.15, 0.2) is 133 Å². The number of thiophene rings is 1. The van der Waals surface area contributed by atoms with Gasteiger partial charge in [-0.05, 0) is 218 Å². The van der Waals surface area contributed by atoms with Gasteiger partial charge in [0, 0.05) is 143 Å². The zero-order valence-corrected chi connectivity index (χ0v) is 91.1. The highest BCUT2D eigenvalue weighted by atomic mass is 32.1. The molecule has 0 amide bonds. The number of piperidine rings is 1. The first-order valence-electron chi connectivity index (χ1n) is 50.4. The standard InChI is InChI=1S/C21H26N2.C21H30N2.C16H23N3.C16H28N2.C15H27N3.C15H21NS.C13H19N3/c1-20(2,3)17-10-9-14-11-16(8-7-15(14)12-17)18-13-22-19(23-18)21(4,5)6;1-20(2,3)17-12-11-16(14-9-7-8-10-15(14)17)18-13-22-19(23-18)21(4,5)6;1-15(2,3)13-8-7-11(9-17-13)12-10-18-14(19-12)16(4,5)6;1-11(2)15-17-10-14(18-15)12-6-8-13(9-7-12)16(3,4)5;1-11(2)14-16-10-13(17-14)12-6-8-18(9-7-12)15(3,4)5;1-10(2)12-8-11(9-16-12)13-6-7-14(17-13)15(3,4)5;1-8(2)9-6-10-11(14-7-9)16-12(15-10)13(3,4)5/h7-13H,1-6H3,(H,22,23);11-13H,7-10H2,1-6H3,(H,22,23);7-10H,1-6H3,(H,18,19);10-13H,6-9H2,1-5H3,(H,17,18);10-12H,6-9H2,1-5H3,(H,16,17);6-7,9-10H,8H2,1-5H3;6-8H,1-5H3,(H,14,15,16). The van der Waals surface area contributed by atoms with Crippen molar-refractivity contribution in [2.45, 2.75) is 412 Å². The van der Waals surface area contributed by atoms with E-state index in [0.29, 0.717) is 46.5 Å². The van der Waals surface area contributed by atoms with Crippen molar-refractivity contribution in [2.75, 3.05) is 13.1 Å². The van der Waals surface area contributed by atoms with Gasteiger partial charge in [0.15, 0.2) is 5.65 Å². The molecule has 12 aromatic rings. The third-order valence-corrected chi connectivity index (χ3v) is 28.4. The molecule has 11 heterocycles. The summed E-state index contributed by atoms with van der Waals surface area (Å²) < 4.78 is 0. The Kier molecular flexibility index (Phi) is 34.2. The second-order valence-corrected chi connectivity index (χ2v) is 51.3. The van der Waals surface area contributed by atoms with Crippen LogP contribution in [-0.4, -0.2) is 99.0 Å². The Balaban J connectivity index is 0.000000162. The van der Waals surface area contributed by atoms with Crippen LogP contribution in [0.25, 0.3) is 61.3 Å². The van der Waals surface area contributed by atoms with Crippen LogP contribution in [0.5, 0.6) is 0 Å². The molecule has 4 aliphatic rings. The molecular formula is C117H174N16S. The minimum atomic E-state index is 0.0384. The van der Waals surface area contributed by atoms with E-state index in [1.165, 1.54) is 154 Å². The SMILES string of the molecule is CC(C)(C)c1ccc(-c2cnc(C(C)(C)C)[nH]2)cn1.CC(C)(C)c1ccc2cc(-c3cnc(C(C)(C)C)[nH]3)ccc2c1.CC(C)(C)c1ncc(-c2ccc(C(C)(C)C)c3c2CCCC3)[nH]1.CC(C)C1=NC=C(c2ccc(C(C)(C)C)s2)C1.CC(C)c1cnc2nc(C(C)(C)C)[nH]c2c1.CC(C)c1ncc(C2CCC(C(C)(C)C)CC2)[nH]1.CC(C)c1ncc(C2CCN(C(C)(C)C)CC2)[nH]1. The minimum Gasteiger partial charge on any atom is -0.345 e. The molecule has 9 aromatic heterocycles. The fourth-order valence-corrected chi connectivity index (χ4v) is 18.6. The van der Waals surface area contributed by atoms with Crippen LogP contribution >= 0.6 is 11.3 Å². The fraction of sp³-hybridized carbons (Fsp3) is 0.581. The summed E-state index contributed by atoms with van der Waals surface area (Å²) in [5.41, 5.74) is 24.2. The number of nitrogens with zero attached hydrogens (tertiary/aromatic N) is 10. The highest BCUT2D eigenvalue weighted by Crippen LogP contribution is 2.45. The van der Waals surface area contributed by atoms with E-state index in [2.05, 4.69) is 428 Å². The quantitative estimate of drug-likeness (QED) is 0.0767. The topological polar surface area (TPSA) is 213 Å². The Morgan fingerprint density at radius 3 is 1.34 bits per heavy atom. The summed E-state index contributed by atoms with van der Waals surface area (Å²) in [6, 6.07) is 28.9. The maximum Gasteiger partial charge on any atom is 0.177 e. The first-order valence-corrected chi connectivity index (χ1v) is 51.2. The number of fused-ring (bicyclic) bond motifs is 3. The molecule has 16 rings (SSSR count). The van der Waals surface area contributed by atoms with Crippen molar-refractivity contribution in [3.8, 4) is 33.8 Å². The molecule has 3 aromatic carbocycles. The molecule has 1 saturated carbocycles.